The zero-order valence-electron chi connectivity index (χ0n) is 12.7. The molecule has 0 saturated carbocycles. The number of carboxylic acids is 1. The Balaban J connectivity index is 1.90. The largest absolute Gasteiger partial charge is 0.481 e. The molecule has 1 aliphatic rings. The van der Waals surface area contributed by atoms with E-state index in [9.17, 15) is 9.90 Å². The average Bonchev–Trinajstić information content (AvgIpc) is 3.03. The number of nitrogens with zero attached hydrogens (tertiary/aromatic N) is 4. The van der Waals surface area contributed by atoms with E-state index in [-0.39, 0.29) is 12.0 Å². The highest BCUT2D eigenvalue weighted by Gasteiger charge is 2.31. The third kappa shape index (κ3) is 2.19. The van der Waals surface area contributed by atoms with Crippen molar-refractivity contribution in [3.05, 3.63) is 24.7 Å². The van der Waals surface area contributed by atoms with Crippen LogP contribution in [-0.2, 0) is 4.79 Å². The first-order valence-corrected chi connectivity index (χ1v) is 7.72. The number of carboxylic acid groups (broad SMARTS) is 1. The SMILES string of the molecule is CC1CCC(C(=O)O)CN1c1nncc2cnc3[nH]ccc3c12. The van der Waals surface area contributed by atoms with Crippen LogP contribution in [0.2, 0.25) is 0 Å². The number of pyridine rings is 1. The number of nitrogens with one attached hydrogen (secondary N) is 1. The van der Waals surface area contributed by atoms with E-state index in [1.807, 2.05) is 12.3 Å². The summed E-state index contributed by atoms with van der Waals surface area (Å²) in [6.07, 6.45) is 6.85. The fourth-order valence-electron chi connectivity index (χ4n) is 3.37. The van der Waals surface area contributed by atoms with Gasteiger partial charge in [-0.1, -0.05) is 0 Å². The normalized spacial score (nSPS) is 21.9. The second-order valence-electron chi connectivity index (χ2n) is 6.11. The van der Waals surface area contributed by atoms with E-state index < -0.39 is 5.97 Å². The van der Waals surface area contributed by atoms with Crippen molar-refractivity contribution in [2.45, 2.75) is 25.8 Å². The molecular formula is C16H17N5O2. The molecule has 0 aromatic carbocycles. The van der Waals surface area contributed by atoms with Crippen molar-refractivity contribution < 1.29 is 9.90 Å². The van der Waals surface area contributed by atoms with Crippen LogP contribution in [0.3, 0.4) is 0 Å². The number of aromatic nitrogens is 4. The van der Waals surface area contributed by atoms with E-state index in [0.29, 0.717) is 13.0 Å². The van der Waals surface area contributed by atoms with Gasteiger partial charge in [0.15, 0.2) is 5.82 Å². The van der Waals surface area contributed by atoms with Crippen LogP contribution < -0.4 is 4.90 Å². The standard InChI is InChI=1S/C16H17N5O2/c1-9-2-3-10(16(22)23)8-21(9)15-13-11(7-19-20-15)6-18-14-12(13)4-5-17-14/h4-7,9-10H,2-3,8H2,1H3,(H,17,18)(H,22,23). The van der Waals surface area contributed by atoms with Crippen molar-refractivity contribution in [2.24, 2.45) is 5.92 Å². The molecule has 1 saturated heterocycles. The molecule has 1 fully saturated rings. The summed E-state index contributed by atoms with van der Waals surface area (Å²) >= 11 is 0. The molecule has 23 heavy (non-hydrogen) atoms. The van der Waals surface area contributed by atoms with Gasteiger partial charge in [0.05, 0.1) is 12.1 Å². The fraction of sp³-hybridized carbons (Fsp3) is 0.375. The van der Waals surface area contributed by atoms with Crippen molar-refractivity contribution in [1.29, 1.82) is 0 Å². The number of H-pyrrole nitrogens is 1. The molecule has 0 radical (unpaired) electrons. The van der Waals surface area contributed by atoms with Crippen molar-refractivity contribution in [3.8, 4) is 0 Å². The summed E-state index contributed by atoms with van der Waals surface area (Å²) in [5.41, 5.74) is 0.797. The molecule has 2 atom stereocenters. The highest BCUT2D eigenvalue weighted by molar-refractivity contribution is 6.10. The predicted molar refractivity (Wildman–Crippen MR) is 86.4 cm³/mol. The molecule has 7 heteroatoms. The van der Waals surface area contributed by atoms with Crippen LogP contribution in [-0.4, -0.2) is 43.8 Å². The lowest BCUT2D eigenvalue weighted by Gasteiger charge is -2.37. The van der Waals surface area contributed by atoms with Crippen molar-refractivity contribution in [3.63, 3.8) is 0 Å². The van der Waals surface area contributed by atoms with E-state index in [1.165, 1.54) is 0 Å². The minimum atomic E-state index is -0.747. The Hall–Kier alpha value is -2.70. The Morgan fingerprint density at radius 3 is 3.09 bits per heavy atom. The number of piperidine rings is 1. The van der Waals surface area contributed by atoms with Crippen LogP contribution in [0.15, 0.2) is 24.7 Å². The molecule has 1 aliphatic heterocycles. The van der Waals surface area contributed by atoms with E-state index >= 15 is 0 Å². The molecule has 3 aromatic rings. The first-order chi connectivity index (χ1) is 11.1. The highest BCUT2D eigenvalue weighted by Crippen LogP contribution is 2.34. The summed E-state index contributed by atoms with van der Waals surface area (Å²) in [5, 5.41) is 20.7. The predicted octanol–water partition coefficient (Wildman–Crippen LogP) is 2.20. The zero-order chi connectivity index (χ0) is 16.0. The van der Waals surface area contributed by atoms with Crippen LogP contribution in [0.25, 0.3) is 21.8 Å². The van der Waals surface area contributed by atoms with Crippen molar-refractivity contribution in [1.82, 2.24) is 20.2 Å². The Labute approximate surface area is 132 Å². The summed E-state index contributed by atoms with van der Waals surface area (Å²) in [4.78, 5) is 21.0. The quantitative estimate of drug-likeness (QED) is 0.753. The number of carbonyl (C=O) groups is 1. The smallest absolute Gasteiger partial charge is 0.308 e. The maximum absolute atomic E-state index is 11.4. The lowest BCUT2D eigenvalue weighted by atomic mass is 9.93. The average molecular weight is 311 g/mol. The molecular weight excluding hydrogens is 294 g/mol. The van der Waals surface area contributed by atoms with Crippen LogP contribution in [0, 0.1) is 5.92 Å². The maximum Gasteiger partial charge on any atom is 0.308 e. The molecule has 2 unspecified atom stereocenters. The van der Waals surface area contributed by atoms with Gasteiger partial charge >= 0.3 is 5.97 Å². The third-order valence-corrected chi connectivity index (χ3v) is 4.69. The molecule has 7 nitrogen and oxygen atoms in total. The molecule has 4 heterocycles. The van der Waals surface area contributed by atoms with Crippen LogP contribution in [0.5, 0.6) is 0 Å². The van der Waals surface area contributed by atoms with E-state index in [4.69, 9.17) is 0 Å². The number of aliphatic carboxylic acids is 1. The Kier molecular flexibility index (Phi) is 3.14. The van der Waals surface area contributed by atoms with E-state index in [2.05, 4.69) is 32.0 Å². The van der Waals surface area contributed by atoms with Crippen LogP contribution >= 0.6 is 0 Å². The van der Waals surface area contributed by atoms with Crippen molar-refractivity contribution in [2.75, 3.05) is 11.4 Å². The number of hydrogen-bond donors (Lipinski definition) is 2. The van der Waals surface area contributed by atoms with E-state index in [0.717, 1.165) is 34.0 Å². The summed E-state index contributed by atoms with van der Waals surface area (Å²) in [6, 6.07) is 2.20. The van der Waals surface area contributed by atoms with Crippen molar-refractivity contribution >= 4 is 33.6 Å². The Morgan fingerprint density at radius 2 is 2.26 bits per heavy atom. The number of fused-ring (bicyclic) bond motifs is 3. The number of anilines is 1. The fourth-order valence-corrected chi connectivity index (χ4v) is 3.37. The molecule has 0 amide bonds. The van der Waals surface area contributed by atoms with Gasteiger partial charge in [-0.05, 0) is 25.8 Å². The first kappa shape index (κ1) is 13.9. The van der Waals surface area contributed by atoms with Gasteiger partial charge in [-0.15, -0.1) is 5.10 Å². The summed E-state index contributed by atoms with van der Waals surface area (Å²) in [7, 11) is 0. The minimum absolute atomic E-state index is 0.229. The topological polar surface area (TPSA) is 95.0 Å². The second-order valence-corrected chi connectivity index (χ2v) is 6.11. The van der Waals surface area contributed by atoms with Gasteiger partial charge in [0.25, 0.3) is 0 Å². The zero-order valence-corrected chi connectivity index (χ0v) is 12.7. The monoisotopic (exact) mass is 311 g/mol. The molecule has 3 aromatic heterocycles. The second kappa shape index (κ2) is 5.19. The number of hydrogen-bond acceptors (Lipinski definition) is 5. The molecule has 2 N–H and O–H groups in total. The van der Waals surface area contributed by atoms with Gasteiger partial charge in [-0.3, -0.25) is 4.79 Å². The lowest BCUT2D eigenvalue weighted by molar-refractivity contribution is -0.142. The first-order valence-electron chi connectivity index (χ1n) is 7.72. The number of aromatic amines is 1. The summed E-state index contributed by atoms with van der Waals surface area (Å²) < 4.78 is 0. The Bertz CT molecular complexity index is 890. The Morgan fingerprint density at radius 1 is 1.39 bits per heavy atom. The van der Waals surface area contributed by atoms with Gasteiger partial charge in [0.2, 0.25) is 0 Å². The molecule has 4 rings (SSSR count). The maximum atomic E-state index is 11.4. The van der Waals surface area contributed by atoms with Gasteiger partial charge in [-0.25, -0.2) is 4.98 Å². The summed E-state index contributed by atoms with van der Waals surface area (Å²) in [6.45, 7) is 2.56. The number of rotatable bonds is 2. The molecule has 0 aliphatic carbocycles. The highest BCUT2D eigenvalue weighted by atomic mass is 16.4. The van der Waals surface area contributed by atoms with Crippen LogP contribution in [0.4, 0.5) is 5.82 Å². The van der Waals surface area contributed by atoms with Crippen LogP contribution in [0.1, 0.15) is 19.8 Å². The summed E-state index contributed by atoms with van der Waals surface area (Å²) in [5.74, 6) is -0.372. The molecule has 118 valence electrons. The lowest BCUT2D eigenvalue weighted by Crippen LogP contribution is -2.44. The van der Waals surface area contributed by atoms with Gasteiger partial charge in [0.1, 0.15) is 5.65 Å². The van der Waals surface area contributed by atoms with E-state index in [1.54, 1.807) is 12.4 Å². The van der Waals surface area contributed by atoms with Gasteiger partial charge < -0.3 is 15.0 Å². The third-order valence-electron chi connectivity index (χ3n) is 4.69. The van der Waals surface area contributed by atoms with Gasteiger partial charge in [-0.2, -0.15) is 5.10 Å². The molecule has 0 spiro atoms. The van der Waals surface area contributed by atoms with Gasteiger partial charge in [0, 0.05) is 41.1 Å². The molecule has 0 bridgehead atoms. The minimum Gasteiger partial charge on any atom is -0.481 e.